The molecule has 4 rings (SSSR count). The van der Waals surface area contributed by atoms with Gasteiger partial charge in [-0.15, -0.1) is 21.5 Å². The van der Waals surface area contributed by atoms with E-state index in [1.54, 1.807) is 35.6 Å². The second-order valence-electron chi connectivity index (χ2n) is 5.82. The Morgan fingerprint density at radius 1 is 1.11 bits per heavy atom. The Morgan fingerprint density at radius 3 is 2.79 bits per heavy atom. The van der Waals surface area contributed by atoms with E-state index in [2.05, 4.69) is 15.5 Å². The highest BCUT2D eigenvalue weighted by Gasteiger charge is 2.13. The molecule has 0 aliphatic rings. The third kappa shape index (κ3) is 3.91. The first-order valence-corrected chi connectivity index (χ1v) is 9.40. The summed E-state index contributed by atoms with van der Waals surface area (Å²) < 4.78 is 10.6. The van der Waals surface area contributed by atoms with Gasteiger partial charge in [0.05, 0.1) is 11.4 Å². The van der Waals surface area contributed by atoms with Crippen molar-refractivity contribution in [3.63, 3.8) is 0 Å². The molecule has 1 amide bonds. The molecule has 140 valence electrons. The summed E-state index contributed by atoms with van der Waals surface area (Å²) >= 11 is 1.58. The van der Waals surface area contributed by atoms with Crippen LogP contribution >= 0.6 is 11.3 Å². The van der Waals surface area contributed by atoms with Crippen LogP contribution in [-0.2, 0) is 0 Å². The summed E-state index contributed by atoms with van der Waals surface area (Å²) in [5.74, 6) is -0.151. The van der Waals surface area contributed by atoms with E-state index >= 15 is 0 Å². The quantitative estimate of drug-likeness (QED) is 0.400. The third-order valence-electron chi connectivity index (χ3n) is 3.94. The minimum absolute atomic E-state index is 0.0428. The van der Waals surface area contributed by atoms with Gasteiger partial charge in [0.2, 0.25) is 5.88 Å². The largest absolute Gasteiger partial charge is 0.475 e. The SMILES string of the molecule is O=C(NCCOc1ccc(-c2cccs2)nn1)c1cc2ccccc2oc1=O. The summed E-state index contributed by atoms with van der Waals surface area (Å²) in [6, 6.07) is 16.0. The van der Waals surface area contributed by atoms with E-state index in [4.69, 9.17) is 9.15 Å². The van der Waals surface area contributed by atoms with Crippen LogP contribution < -0.4 is 15.7 Å². The first-order valence-electron chi connectivity index (χ1n) is 8.52. The van der Waals surface area contributed by atoms with Gasteiger partial charge in [0.25, 0.3) is 5.91 Å². The van der Waals surface area contributed by atoms with Gasteiger partial charge in [0, 0.05) is 11.5 Å². The Labute approximate surface area is 163 Å². The molecule has 0 atom stereocenters. The van der Waals surface area contributed by atoms with Crippen molar-refractivity contribution in [2.45, 2.75) is 0 Å². The van der Waals surface area contributed by atoms with Gasteiger partial charge in [-0.2, -0.15) is 0 Å². The van der Waals surface area contributed by atoms with Crippen molar-refractivity contribution in [1.29, 1.82) is 0 Å². The number of amides is 1. The van der Waals surface area contributed by atoms with E-state index in [0.717, 1.165) is 10.6 Å². The molecular weight excluding hydrogens is 378 g/mol. The van der Waals surface area contributed by atoms with Crippen molar-refractivity contribution < 1.29 is 13.9 Å². The lowest BCUT2D eigenvalue weighted by Gasteiger charge is -2.07. The molecule has 3 heterocycles. The molecule has 0 radical (unpaired) electrons. The monoisotopic (exact) mass is 393 g/mol. The molecular formula is C20H15N3O4S. The smallest absolute Gasteiger partial charge is 0.349 e. The highest BCUT2D eigenvalue weighted by Crippen LogP contribution is 2.22. The fourth-order valence-electron chi connectivity index (χ4n) is 2.59. The van der Waals surface area contributed by atoms with Crippen LogP contribution in [0.15, 0.2) is 69.2 Å². The van der Waals surface area contributed by atoms with Gasteiger partial charge in [-0.3, -0.25) is 4.79 Å². The predicted octanol–water partition coefficient (Wildman–Crippen LogP) is 3.12. The summed E-state index contributed by atoms with van der Waals surface area (Å²) in [6.07, 6.45) is 0. The van der Waals surface area contributed by atoms with Crippen molar-refractivity contribution in [1.82, 2.24) is 15.5 Å². The van der Waals surface area contributed by atoms with Gasteiger partial charge < -0.3 is 14.5 Å². The molecule has 1 N–H and O–H groups in total. The van der Waals surface area contributed by atoms with Gasteiger partial charge >= 0.3 is 5.63 Å². The van der Waals surface area contributed by atoms with E-state index in [0.29, 0.717) is 16.8 Å². The zero-order valence-electron chi connectivity index (χ0n) is 14.6. The fraction of sp³-hybridized carbons (Fsp3) is 0.100. The maximum Gasteiger partial charge on any atom is 0.349 e. The number of nitrogens with zero attached hydrogens (tertiary/aromatic N) is 2. The number of hydrogen-bond donors (Lipinski definition) is 1. The normalized spacial score (nSPS) is 10.7. The van der Waals surface area contributed by atoms with E-state index in [-0.39, 0.29) is 18.7 Å². The van der Waals surface area contributed by atoms with E-state index in [1.807, 2.05) is 29.6 Å². The number of fused-ring (bicyclic) bond motifs is 1. The number of rotatable bonds is 6. The lowest BCUT2D eigenvalue weighted by atomic mass is 10.2. The lowest BCUT2D eigenvalue weighted by Crippen LogP contribution is -2.31. The number of carbonyl (C=O) groups excluding carboxylic acids is 1. The fourth-order valence-corrected chi connectivity index (χ4v) is 3.28. The van der Waals surface area contributed by atoms with Gasteiger partial charge in [-0.25, -0.2) is 4.79 Å². The maximum absolute atomic E-state index is 12.2. The summed E-state index contributed by atoms with van der Waals surface area (Å²) in [5, 5.41) is 13.4. The lowest BCUT2D eigenvalue weighted by molar-refractivity contribution is 0.0943. The zero-order chi connectivity index (χ0) is 19.3. The van der Waals surface area contributed by atoms with Gasteiger partial charge in [0.1, 0.15) is 23.4 Å². The van der Waals surface area contributed by atoms with Gasteiger partial charge in [-0.05, 0) is 29.6 Å². The molecule has 0 fully saturated rings. The highest BCUT2D eigenvalue weighted by atomic mass is 32.1. The van der Waals surface area contributed by atoms with Crippen molar-refractivity contribution >= 4 is 28.2 Å². The Hall–Kier alpha value is -3.52. The van der Waals surface area contributed by atoms with E-state index in [9.17, 15) is 9.59 Å². The molecule has 8 heteroatoms. The first kappa shape index (κ1) is 17.9. The molecule has 28 heavy (non-hydrogen) atoms. The molecule has 0 aliphatic carbocycles. The zero-order valence-corrected chi connectivity index (χ0v) is 15.4. The molecule has 0 bridgehead atoms. The molecule has 0 saturated carbocycles. The number of aromatic nitrogens is 2. The molecule has 0 aliphatic heterocycles. The Morgan fingerprint density at radius 2 is 2.00 bits per heavy atom. The minimum atomic E-state index is -0.674. The summed E-state index contributed by atoms with van der Waals surface area (Å²) in [4.78, 5) is 25.3. The van der Waals surface area contributed by atoms with Crippen LogP contribution in [0.1, 0.15) is 10.4 Å². The molecule has 0 spiro atoms. The van der Waals surface area contributed by atoms with Crippen LogP contribution in [0.3, 0.4) is 0 Å². The molecule has 3 aromatic heterocycles. The second-order valence-corrected chi connectivity index (χ2v) is 6.77. The summed E-state index contributed by atoms with van der Waals surface area (Å²) in [6.45, 7) is 0.400. The number of hydrogen-bond acceptors (Lipinski definition) is 7. The molecule has 7 nitrogen and oxygen atoms in total. The van der Waals surface area contributed by atoms with Crippen LogP contribution in [-0.4, -0.2) is 29.3 Å². The van der Waals surface area contributed by atoms with E-state index < -0.39 is 11.5 Å². The minimum Gasteiger partial charge on any atom is -0.475 e. The average Bonchev–Trinajstić information content (AvgIpc) is 3.26. The van der Waals surface area contributed by atoms with Crippen molar-refractivity contribution in [3.8, 4) is 16.5 Å². The topological polar surface area (TPSA) is 94.3 Å². The summed E-state index contributed by atoms with van der Waals surface area (Å²) in [5.41, 5.74) is 0.501. The van der Waals surface area contributed by atoms with Gasteiger partial charge in [-0.1, -0.05) is 24.3 Å². The Balaban J connectivity index is 1.32. The van der Waals surface area contributed by atoms with Crippen molar-refractivity contribution in [2.75, 3.05) is 13.2 Å². The Kier molecular flexibility index (Phi) is 5.11. The van der Waals surface area contributed by atoms with Crippen LogP contribution in [0.25, 0.3) is 21.5 Å². The Bertz CT molecular complexity index is 1150. The molecule has 4 aromatic rings. The molecule has 1 aromatic carbocycles. The summed E-state index contributed by atoms with van der Waals surface area (Å²) in [7, 11) is 0. The third-order valence-corrected chi connectivity index (χ3v) is 4.83. The van der Waals surface area contributed by atoms with Crippen LogP contribution in [0, 0.1) is 0 Å². The van der Waals surface area contributed by atoms with Crippen molar-refractivity contribution in [3.05, 3.63) is 76.0 Å². The van der Waals surface area contributed by atoms with Crippen LogP contribution in [0.5, 0.6) is 5.88 Å². The van der Waals surface area contributed by atoms with Crippen LogP contribution in [0.4, 0.5) is 0 Å². The highest BCUT2D eigenvalue weighted by molar-refractivity contribution is 7.13. The first-order chi connectivity index (χ1) is 13.7. The average molecular weight is 393 g/mol. The predicted molar refractivity (Wildman–Crippen MR) is 106 cm³/mol. The number of benzene rings is 1. The van der Waals surface area contributed by atoms with Gasteiger partial charge in [0.15, 0.2) is 0 Å². The van der Waals surface area contributed by atoms with Crippen LogP contribution in [0.2, 0.25) is 0 Å². The van der Waals surface area contributed by atoms with Crippen molar-refractivity contribution in [2.24, 2.45) is 0 Å². The second kappa shape index (κ2) is 8.01. The van der Waals surface area contributed by atoms with E-state index in [1.165, 1.54) is 6.07 Å². The maximum atomic E-state index is 12.2. The number of thiophene rings is 1. The molecule has 0 unspecified atom stereocenters. The number of nitrogens with one attached hydrogen (secondary N) is 1. The number of carbonyl (C=O) groups is 1. The molecule has 0 saturated heterocycles. The number of ether oxygens (including phenoxy) is 1. The number of para-hydroxylation sites is 1. The standard InChI is InChI=1S/C20H15N3O4S/c24-19(14-12-13-4-1-2-5-16(13)27-20(14)25)21-9-10-26-18-8-7-15(22-23-18)17-6-3-11-28-17/h1-8,11-12H,9-10H2,(H,21,24).